The maximum atomic E-state index is 10.9. The number of aromatic nitrogens is 2. The molecule has 1 N–H and O–H groups in total. The summed E-state index contributed by atoms with van der Waals surface area (Å²) in [5.74, 6) is -0.133. The molecule has 0 saturated carbocycles. The van der Waals surface area contributed by atoms with Gasteiger partial charge in [0, 0.05) is 18.8 Å². The van der Waals surface area contributed by atoms with Gasteiger partial charge in [-0.15, -0.1) is 0 Å². The lowest BCUT2D eigenvalue weighted by Gasteiger charge is -2.28. The van der Waals surface area contributed by atoms with Gasteiger partial charge in [-0.05, 0) is 25.1 Å². The molecule has 2 heterocycles. The lowest BCUT2D eigenvalue weighted by atomic mass is 10.2. The van der Waals surface area contributed by atoms with Gasteiger partial charge in [0.15, 0.2) is 0 Å². The minimum atomic E-state index is -0.857. The lowest BCUT2D eigenvalue weighted by Crippen LogP contribution is -2.36. The number of carbonyl (C=O) groups is 1. The highest BCUT2D eigenvalue weighted by atomic mass is 16.5. The van der Waals surface area contributed by atoms with E-state index >= 15 is 0 Å². The van der Waals surface area contributed by atoms with Gasteiger partial charge in [0.25, 0.3) is 0 Å². The molecule has 1 fully saturated rings. The van der Waals surface area contributed by atoms with E-state index in [1.807, 2.05) is 25.1 Å². The number of anilines is 1. The third kappa shape index (κ3) is 2.34. The molecular formula is C14H17N3O3. The summed E-state index contributed by atoms with van der Waals surface area (Å²) in [6.07, 6.45) is 0. The zero-order valence-corrected chi connectivity index (χ0v) is 11.4. The van der Waals surface area contributed by atoms with Crippen LogP contribution in [0.1, 0.15) is 5.82 Å². The zero-order valence-electron chi connectivity index (χ0n) is 11.4. The van der Waals surface area contributed by atoms with Crippen LogP contribution in [0.25, 0.3) is 11.0 Å². The van der Waals surface area contributed by atoms with Crippen LogP contribution in [0.15, 0.2) is 18.2 Å². The van der Waals surface area contributed by atoms with Crippen molar-refractivity contribution in [2.45, 2.75) is 13.5 Å². The number of hydrogen-bond donors (Lipinski definition) is 1. The first-order valence-electron chi connectivity index (χ1n) is 6.66. The fraction of sp³-hybridized carbons (Fsp3) is 0.429. The number of imidazole rings is 1. The fourth-order valence-electron chi connectivity index (χ4n) is 2.59. The molecule has 0 unspecified atom stereocenters. The average Bonchev–Trinajstić information content (AvgIpc) is 2.75. The van der Waals surface area contributed by atoms with E-state index in [0.29, 0.717) is 0 Å². The topological polar surface area (TPSA) is 67.6 Å². The summed E-state index contributed by atoms with van der Waals surface area (Å²) in [7, 11) is 0. The van der Waals surface area contributed by atoms with E-state index < -0.39 is 5.97 Å². The van der Waals surface area contributed by atoms with Crippen LogP contribution in [0.2, 0.25) is 0 Å². The Morgan fingerprint density at radius 3 is 2.85 bits per heavy atom. The third-order valence-electron chi connectivity index (χ3n) is 3.59. The van der Waals surface area contributed by atoms with Gasteiger partial charge in [-0.2, -0.15) is 0 Å². The largest absolute Gasteiger partial charge is 0.480 e. The predicted molar refractivity (Wildman–Crippen MR) is 75.1 cm³/mol. The van der Waals surface area contributed by atoms with Gasteiger partial charge in [-0.1, -0.05) is 0 Å². The van der Waals surface area contributed by atoms with Crippen LogP contribution in [0, 0.1) is 6.92 Å². The van der Waals surface area contributed by atoms with Gasteiger partial charge in [0.2, 0.25) is 0 Å². The van der Waals surface area contributed by atoms with E-state index in [-0.39, 0.29) is 6.54 Å². The molecule has 1 aliphatic rings. The number of rotatable bonds is 3. The second-order valence-corrected chi connectivity index (χ2v) is 4.91. The van der Waals surface area contributed by atoms with Crippen molar-refractivity contribution < 1.29 is 14.6 Å². The molecule has 0 bridgehead atoms. The molecule has 2 aromatic rings. The van der Waals surface area contributed by atoms with Crippen molar-refractivity contribution in [1.82, 2.24) is 9.55 Å². The fourth-order valence-corrected chi connectivity index (χ4v) is 2.59. The van der Waals surface area contributed by atoms with Crippen LogP contribution < -0.4 is 4.90 Å². The number of aliphatic carboxylic acids is 1. The van der Waals surface area contributed by atoms with Crippen molar-refractivity contribution >= 4 is 22.7 Å². The first-order chi connectivity index (χ1) is 9.65. The smallest absolute Gasteiger partial charge is 0.323 e. The lowest BCUT2D eigenvalue weighted by molar-refractivity contribution is -0.137. The minimum Gasteiger partial charge on any atom is -0.480 e. The Hall–Kier alpha value is -2.08. The van der Waals surface area contributed by atoms with Crippen molar-refractivity contribution in [3.63, 3.8) is 0 Å². The summed E-state index contributed by atoms with van der Waals surface area (Å²) >= 11 is 0. The van der Waals surface area contributed by atoms with Gasteiger partial charge < -0.3 is 19.3 Å². The SMILES string of the molecule is Cc1nc2cc(N3CCOCC3)ccc2n1CC(=O)O. The summed E-state index contributed by atoms with van der Waals surface area (Å²) in [6.45, 7) is 5.01. The molecule has 3 rings (SSSR count). The van der Waals surface area contributed by atoms with E-state index in [1.54, 1.807) is 4.57 Å². The molecule has 0 radical (unpaired) electrons. The summed E-state index contributed by atoms with van der Waals surface area (Å²) < 4.78 is 7.07. The van der Waals surface area contributed by atoms with Gasteiger partial charge >= 0.3 is 5.97 Å². The second kappa shape index (κ2) is 5.13. The molecular weight excluding hydrogens is 258 g/mol. The molecule has 1 saturated heterocycles. The highest BCUT2D eigenvalue weighted by Crippen LogP contribution is 2.23. The maximum Gasteiger partial charge on any atom is 0.323 e. The molecule has 0 atom stereocenters. The molecule has 20 heavy (non-hydrogen) atoms. The van der Waals surface area contributed by atoms with Crippen LogP contribution in [0.3, 0.4) is 0 Å². The molecule has 6 heteroatoms. The van der Waals surface area contributed by atoms with Crippen molar-refractivity contribution in [3.8, 4) is 0 Å². The van der Waals surface area contributed by atoms with Crippen LogP contribution in [-0.2, 0) is 16.1 Å². The standard InChI is InChI=1S/C14H17N3O3/c1-10-15-12-8-11(16-4-6-20-7-5-16)2-3-13(12)17(10)9-14(18)19/h2-3,8H,4-7,9H2,1H3,(H,18,19). The highest BCUT2D eigenvalue weighted by molar-refractivity contribution is 5.82. The van der Waals surface area contributed by atoms with Crippen LogP contribution in [0.4, 0.5) is 5.69 Å². The second-order valence-electron chi connectivity index (χ2n) is 4.91. The summed E-state index contributed by atoms with van der Waals surface area (Å²) in [4.78, 5) is 17.6. The Balaban J connectivity index is 1.97. The monoisotopic (exact) mass is 275 g/mol. The summed E-state index contributed by atoms with van der Waals surface area (Å²) in [6, 6.07) is 5.99. The zero-order chi connectivity index (χ0) is 14.1. The quantitative estimate of drug-likeness (QED) is 0.913. The van der Waals surface area contributed by atoms with Gasteiger partial charge in [-0.3, -0.25) is 4.79 Å². The van der Waals surface area contributed by atoms with Crippen LogP contribution >= 0.6 is 0 Å². The first kappa shape index (κ1) is 12.9. The van der Waals surface area contributed by atoms with E-state index in [1.165, 1.54) is 0 Å². The Morgan fingerprint density at radius 2 is 2.15 bits per heavy atom. The Kier molecular flexibility index (Phi) is 3.31. The van der Waals surface area contributed by atoms with E-state index in [4.69, 9.17) is 9.84 Å². The molecule has 0 spiro atoms. The summed E-state index contributed by atoms with van der Waals surface area (Å²) in [5, 5.41) is 8.96. The van der Waals surface area contributed by atoms with Crippen LogP contribution in [-0.4, -0.2) is 46.9 Å². The number of carboxylic acids is 1. The number of ether oxygens (including phenoxy) is 1. The molecule has 1 aliphatic heterocycles. The first-order valence-corrected chi connectivity index (χ1v) is 6.66. The van der Waals surface area contributed by atoms with Gasteiger partial charge in [0.1, 0.15) is 12.4 Å². The highest BCUT2D eigenvalue weighted by Gasteiger charge is 2.14. The number of morpholine rings is 1. The minimum absolute atomic E-state index is 0.0563. The normalized spacial score (nSPS) is 15.8. The Labute approximate surface area is 116 Å². The third-order valence-corrected chi connectivity index (χ3v) is 3.59. The van der Waals surface area contributed by atoms with Crippen LogP contribution in [0.5, 0.6) is 0 Å². The number of hydrogen-bond acceptors (Lipinski definition) is 4. The number of carboxylic acid groups (broad SMARTS) is 1. The number of aryl methyl sites for hydroxylation is 1. The molecule has 0 amide bonds. The van der Waals surface area contributed by atoms with Gasteiger partial charge in [0.05, 0.1) is 24.2 Å². The maximum absolute atomic E-state index is 10.9. The molecule has 0 aliphatic carbocycles. The predicted octanol–water partition coefficient (Wildman–Crippen LogP) is 1.27. The number of nitrogens with zero attached hydrogens (tertiary/aromatic N) is 3. The van der Waals surface area contributed by atoms with Crippen molar-refractivity contribution in [1.29, 1.82) is 0 Å². The molecule has 106 valence electrons. The number of fused-ring (bicyclic) bond motifs is 1. The molecule has 1 aromatic carbocycles. The molecule has 1 aromatic heterocycles. The van der Waals surface area contributed by atoms with Crippen molar-refractivity contribution in [2.75, 3.05) is 31.2 Å². The average molecular weight is 275 g/mol. The Morgan fingerprint density at radius 1 is 1.40 bits per heavy atom. The summed E-state index contributed by atoms with van der Waals surface area (Å²) in [5.41, 5.74) is 2.82. The van der Waals surface area contributed by atoms with Gasteiger partial charge in [-0.25, -0.2) is 4.98 Å². The van der Waals surface area contributed by atoms with E-state index in [0.717, 1.165) is 48.8 Å². The molecule has 6 nitrogen and oxygen atoms in total. The van der Waals surface area contributed by atoms with Crippen molar-refractivity contribution in [2.24, 2.45) is 0 Å². The Bertz CT molecular complexity index is 644. The van der Waals surface area contributed by atoms with E-state index in [2.05, 4.69) is 9.88 Å². The number of benzene rings is 1. The van der Waals surface area contributed by atoms with Crippen molar-refractivity contribution in [3.05, 3.63) is 24.0 Å². The van der Waals surface area contributed by atoms with E-state index in [9.17, 15) is 4.79 Å².